The van der Waals surface area contributed by atoms with Gasteiger partial charge in [0.2, 0.25) is 0 Å². The number of carbonyl (C=O) groups excluding carboxylic acids is 1. The molecular weight excluding hydrogens is 386 g/mol. The molecule has 0 radical (unpaired) electrons. The van der Waals surface area contributed by atoms with Gasteiger partial charge in [-0.3, -0.25) is 4.79 Å². The van der Waals surface area contributed by atoms with Crippen LogP contribution in [0.1, 0.15) is 45.6 Å². The minimum absolute atomic E-state index is 0.0809. The molecule has 5 nitrogen and oxygen atoms in total. The first-order valence-corrected chi connectivity index (χ1v) is 10.0. The zero-order valence-corrected chi connectivity index (χ0v) is 16.7. The van der Waals surface area contributed by atoms with Gasteiger partial charge in [0.1, 0.15) is 10.5 Å². The molecule has 2 aromatic carbocycles. The summed E-state index contributed by atoms with van der Waals surface area (Å²) in [6.45, 7) is 4.24. The lowest BCUT2D eigenvalue weighted by atomic mass is 10.0. The van der Waals surface area contributed by atoms with Gasteiger partial charge >= 0.3 is 5.97 Å². The maximum atomic E-state index is 12.6. The van der Waals surface area contributed by atoms with Gasteiger partial charge in [-0.1, -0.05) is 56.3 Å². The minimum Gasteiger partial charge on any atom is -0.477 e. The Morgan fingerprint density at radius 1 is 1.03 bits per heavy atom. The lowest BCUT2D eigenvalue weighted by Gasteiger charge is -2.05. The number of furan rings is 1. The van der Waals surface area contributed by atoms with Crippen molar-refractivity contribution in [1.82, 2.24) is 0 Å². The Morgan fingerprint density at radius 3 is 2.41 bits per heavy atom. The summed E-state index contributed by atoms with van der Waals surface area (Å²) in [5, 5.41) is 13.1. The van der Waals surface area contributed by atoms with Crippen LogP contribution in [-0.4, -0.2) is 17.0 Å². The van der Waals surface area contributed by atoms with E-state index in [9.17, 15) is 14.7 Å². The number of aromatic carboxylic acids is 1. The largest absolute Gasteiger partial charge is 0.477 e. The second-order valence-electron chi connectivity index (χ2n) is 7.04. The molecule has 2 N–H and O–H groups in total. The van der Waals surface area contributed by atoms with E-state index in [1.165, 1.54) is 5.56 Å². The van der Waals surface area contributed by atoms with Gasteiger partial charge in [0.15, 0.2) is 5.76 Å². The van der Waals surface area contributed by atoms with Crippen LogP contribution < -0.4 is 5.32 Å². The van der Waals surface area contributed by atoms with Gasteiger partial charge in [0.05, 0.1) is 5.69 Å². The van der Waals surface area contributed by atoms with Gasteiger partial charge in [-0.25, -0.2) is 4.79 Å². The number of benzene rings is 2. The van der Waals surface area contributed by atoms with Gasteiger partial charge in [-0.05, 0) is 35.2 Å². The Morgan fingerprint density at radius 2 is 1.76 bits per heavy atom. The van der Waals surface area contributed by atoms with E-state index in [4.69, 9.17) is 4.42 Å². The fourth-order valence-electron chi connectivity index (χ4n) is 3.09. The van der Waals surface area contributed by atoms with Crippen molar-refractivity contribution in [3.05, 3.63) is 76.9 Å². The Bertz CT molecular complexity index is 1170. The highest BCUT2D eigenvalue weighted by atomic mass is 32.1. The molecule has 0 fully saturated rings. The van der Waals surface area contributed by atoms with E-state index in [-0.39, 0.29) is 16.3 Å². The number of para-hydroxylation sites is 1. The number of fused-ring (bicyclic) bond motifs is 1. The van der Waals surface area contributed by atoms with Crippen LogP contribution >= 0.6 is 11.3 Å². The van der Waals surface area contributed by atoms with Gasteiger partial charge in [-0.15, -0.1) is 11.3 Å². The SMILES string of the molecule is CC(C)c1ccc(-c2cc(NC(=O)c3cc4ccccc4o3)c(C(=O)O)s2)cc1. The zero-order valence-electron chi connectivity index (χ0n) is 15.9. The molecule has 2 heterocycles. The number of amides is 1. The normalized spacial score (nSPS) is 11.1. The van der Waals surface area contributed by atoms with Crippen molar-refractivity contribution in [3.8, 4) is 10.4 Å². The number of carbonyl (C=O) groups is 2. The molecule has 0 bridgehead atoms. The second-order valence-corrected chi connectivity index (χ2v) is 8.09. The van der Waals surface area contributed by atoms with Crippen LogP contribution in [0.3, 0.4) is 0 Å². The van der Waals surface area contributed by atoms with Crippen molar-refractivity contribution < 1.29 is 19.1 Å². The third kappa shape index (κ3) is 3.79. The van der Waals surface area contributed by atoms with Crippen molar-refractivity contribution in [2.24, 2.45) is 0 Å². The summed E-state index contributed by atoms with van der Waals surface area (Å²) in [6, 6.07) is 18.7. The number of carboxylic acids is 1. The molecule has 6 heteroatoms. The van der Waals surface area contributed by atoms with E-state index in [1.54, 1.807) is 18.2 Å². The van der Waals surface area contributed by atoms with Crippen LogP contribution in [0.5, 0.6) is 0 Å². The molecule has 1 amide bonds. The third-order valence-electron chi connectivity index (χ3n) is 4.69. The van der Waals surface area contributed by atoms with Crippen LogP contribution in [0, 0.1) is 0 Å². The molecule has 0 saturated carbocycles. The summed E-state index contributed by atoms with van der Waals surface area (Å²) in [5.41, 5.74) is 2.98. The number of carboxylic acid groups (broad SMARTS) is 1. The third-order valence-corrected chi connectivity index (χ3v) is 5.86. The van der Waals surface area contributed by atoms with E-state index >= 15 is 0 Å². The smallest absolute Gasteiger partial charge is 0.348 e. The molecule has 4 aromatic rings. The average molecular weight is 405 g/mol. The first kappa shape index (κ1) is 19.0. The number of rotatable bonds is 5. The maximum Gasteiger partial charge on any atom is 0.348 e. The molecule has 4 rings (SSSR count). The quantitative estimate of drug-likeness (QED) is 0.412. The van der Waals surface area contributed by atoms with Gasteiger partial charge < -0.3 is 14.8 Å². The number of hydrogen-bond donors (Lipinski definition) is 2. The Hall–Kier alpha value is -3.38. The number of thiophene rings is 1. The summed E-state index contributed by atoms with van der Waals surface area (Å²) >= 11 is 1.13. The molecule has 0 spiro atoms. The van der Waals surface area contributed by atoms with E-state index in [1.807, 2.05) is 42.5 Å². The lowest BCUT2D eigenvalue weighted by Crippen LogP contribution is -2.12. The van der Waals surface area contributed by atoms with E-state index < -0.39 is 11.9 Å². The molecule has 0 atom stereocenters. The Labute approximate surface area is 171 Å². The monoisotopic (exact) mass is 405 g/mol. The second kappa shape index (κ2) is 7.56. The van der Waals surface area contributed by atoms with Crippen LogP contribution in [0.15, 0.2) is 65.1 Å². The molecule has 0 aliphatic heterocycles. The van der Waals surface area contributed by atoms with E-state index in [0.717, 1.165) is 27.2 Å². The molecule has 0 unspecified atom stereocenters. The summed E-state index contributed by atoms with van der Waals surface area (Å²) in [7, 11) is 0. The maximum absolute atomic E-state index is 12.6. The van der Waals surface area contributed by atoms with Crippen molar-refractivity contribution in [2.75, 3.05) is 5.32 Å². The lowest BCUT2D eigenvalue weighted by molar-refractivity contribution is 0.0703. The first-order valence-electron chi connectivity index (χ1n) is 9.20. The van der Waals surface area contributed by atoms with Gasteiger partial charge in [0.25, 0.3) is 5.91 Å². The van der Waals surface area contributed by atoms with Crippen LogP contribution in [0.25, 0.3) is 21.4 Å². The van der Waals surface area contributed by atoms with E-state index in [0.29, 0.717) is 11.5 Å². The fourth-order valence-corrected chi connectivity index (χ4v) is 4.05. The van der Waals surface area contributed by atoms with E-state index in [2.05, 4.69) is 19.2 Å². The standard InChI is InChI=1S/C23H19NO4S/c1-13(2)14-7-9-15(10-8-14)20-12-17(21(29-20)23(26)27)24-22(25)19-11-16-5-3-4-6-18(16)28-19/h3-13H,1-2H3,(H,24,25)(H,26,27). The highest BCUT2D eigenvalue weighted by Gasteiger charge is 2.20. The van der Waals surface area contributed by atoms with Crippen LogP contribution in [0.2, 0.25) is 0 Å². The molecular formula is C23H19NO4S. The number of nitrogens with one attached hydrogen (secondary N) is 1. The minimum atomic E-state index is -1.08. The van der Waals surface area contributed by atoms with Crippen molar-refractivity contribution in [2.45, 2.75) is 19.8 Å². The summed E-state index contributed by atoms with van der Waals surface area (Å²) in [6.07, 6.45) is 0. The summed E-state index contributed by atoms with van der Waals surface area (Å²) in [4.78, 5) is 25.2. The Kier molecular flexibility index (Phi) is 4.94. The summed E-state index contributed by atoms with van der Waals surface area (Å²) in [5.74, 6) is -1.01. The van der Waals surface area contributed by atoms with Crippen LogP contribution in [0.4, 0.5) is 5.69 Å². The van der Waals surface area contributed by atoms with Gasteiger partial charge in [-0.2, -0.15) is 0 Å². The average Bonchev–Trinajstić information content (AvgIpc) is 3.32. The summed E-state index contributed by atoms with van der Waals surface area (Å²) < 4.78 is 5.57. The predicted molar refractivity (Wildman–Crippen MR) is 115 cm³/mol. The molecule has 0 aliphatic carbocycles. The van der Waals surface area contributed by atoms with Gasteiger partial charge in [0, 0.05) is 10.3 Å². The van der Waals surface area contributed by atoms with Crippen molar-refractivity contribution in [3.63, 3.8) is 0 Å². The van der Waals surface area contributed by atoms with Crippen LogP contribution in [-0.2, 0) is 0 Å². The van der Waals surface area contributed by atoms with Crippen molar-refractivity contribution in [1.29, 1.82) is 0 Å². The predicted octanol–water partition coefficient (Wildman–Crippen LogP) is 6.24. The number of anilines is 1. The fraction of sp³-hybridized carbons (Fsp3) is 0.130. The molecule has 2 aromatic heterocycles. The van der Waals surface area contributed by atoms with Crippen molar-refractivity contribution >= 4 is 39.9 Å². The number of hydrogen-bond acceptors (Lipinski definition) is 4. The molecule has 29 heavy (non-hydrogen) atoms. The molecule has 0 saturated heterocycles. The highest BCUT2D eigenvalue weighted by molar-refractivity contribution is 7.18. The molecule has 0 aliphatic rings. The highest BCUT2D eigenvalue weighted by Crippen LogP contribution is 2.36. The Balaban J connectivity index is 1.64. The zero-order chi connectivity index (χ0) is 20.5. The molecule has 146 valence electrons. The first-order chi connectivity index (χ1) is 13.9. The topological polar surface area (TPSA) is 79.5 Å².